The standard InChI is InChI=1S/C13H10F3N5O3S/c14-8-2-1-6(5-7(8)10(15)16)21-11(19-23-13(21)22)9-12(20-24-18-9)25-4-3-17/h1-2,5,10H,3-4,17H2. The lowest BCUT2D eigenvalue weighted by Crippen LogP contribution is -2.14. The Morgan fingerprint density at radius 1 is 1.28 bits per heavy atom. The molecule has 0 saturated carbocycles. The van der Waals surface area contributed by atoms with Gasteiger partial charge in [0, 0.05) is 12.3 Å². The van der Waals surface area contributed by atoms with Crippen molar-refractivity contribution < 1.29 is 22.3 Å². The number of benzene rings is 1. The van der Waals surface area contributed by atoms with Crippen molar-refractivity contribution in [1.29, 1.82) is 0 Å². The molecule has 0 atom stereocenters. The molecule has 0 aliphatic heterocycles. The summed E-state index contributed by atoms with van der Waals surface area (Å²) in [6, 6.07) is 2.80. The molecule has 0 bridgehead atoms. The van der Waals surface area contributed by atoms with Crippen LogP contribution in [-0.4, -0.2) is 32.3 Å². The van der Waals surface area contributed by atoms with Gasteiger partial charge in [-0.05, 0) is 28.5 Å². The van der Waals surface area contributed by atoms with Crippen molar-refractivity contribution in [2.24, 2.45) is 5.73 Å². The highest BCUT2D eigenvalue weighted by Gasteiger charge is 2.24. The first-order chi connectivity index (χ1) is 12.0. The number of hydrogen-bond acceptors (Lipinski definition) is 8. The van der Waals surface area contributed by atoms with Crippen molar-refractivity contribution in [2.45, 2.75) is 11.5 Å². The predicted octanol–water partition coefficient (Wildman–Crippen LogP) is 2.00. The Hall–Kier alpha value is -2.60. The molecule has 0 unspecified atom stereocenters. The number of thioether (sulfide) groups is 1. The van der Waals surface area contributed by atoms with Gasteiger partial charge in [-0.1, -0.05) is 16.9 Å². The summed E-state index contributed by atoms with van der Waals surface area (Å²) < 4.78 is 49.4. The molecule has 0 spiro atoms. The van der Waals surface area contributed by atoms with Gasteiger partial charge < -0.3 is 5.73 Å². The van der Waals surface area contributed by atoms with Crippen molar-refractivity contribution in [3.8, 4) is 17.2 Å². The summed E-state index contributed by atoms with van der Waals surface area (Å²) in [4.78, 5) is 12.0. The monoisotopic (exact) mass is 373 g/mol. The first kappa shape index (κ1) is 17.2. The molecule has 0 aliphatic rings. The Kier molecular flexibility index (Phi) is 4.90. The van der Waals surface area contributed by atoms with Gasteiger partial charge in [-0.15, -0.1) is 0 Å². The summed E-state index contributed by atoms with van der Waals surface area (Å²) in [6.07, 6.45) is -3.05. The fourth-order valence-electron chi connectivity index (χ4n) is 2.03. The molecule has 0 aliphatic carbocycles. The van der Waals surface area contributed by atoms with Crippen LogP contribution in [0.3, 0.4) is 0 Å². The van der Waals surface area contributed by atoms with Crippen molar-refractivity contribution in [3.63, 3.8) is 0 Å². The summed E-state index contributed by atoms with van der Waals surface area (Å²) in [5.74, 6) is -1.67. The summed E-state index contributed by atoms with van der Waals surface area (Å²) in [6.45, 7) is 0.359. The number of rotatable bonds is 6. The zero-order valence-corrected chi connectivity index (χ0v) is 13.2. The largest absolute Gasteiger partial charge is 0.446 e. The molecule has 8 nitrogen and oxygen atoms in total. The minimum atomic E-state index is -3.05. The highest BCUT2D eigenvalue weighted by atomic mass is 32.2. The van der Waals surface area contributed by atoms with E-state index in [9.17, 15) is 18.0 Å². The smallest absolute Gasteiger partial charge is 0.330 e. The zero-order chi connectivity index (χ0) is 18.0. The van der Waals surface area contributed by atoms with Crippen LogP contribution in [0.5, 0.6) is 0 Å². The van der Waals surface area contributed by atoms with Crippen LogP contribution in [0.2, 0.25) is 0 Å². The molecule has 0 amide bonds. The van der Waals surface area contributed by atoms with Crippen molar-refractivity contribution in [3.05, 3.63) is 40.1 Å². The second-order valence-electron chi connectivity index (χ2n) is 4.67. The molecule has 132 valence electrons. The SMILES string of the molecule is NCCSc1nonc1-c1noc(=O)n1-c1ccc(F)c(C(F)F)c1. The maximum Gasteiger partial charge on any atom is 0.446 e. The Balaban J connectivity index is 2.12. The molecule has 1 aromatic carbocycles. The van der Waals surface area contributed by atoms with E-state index in [0.717, 1.165) is 22.8 Å². The third-order valence-electron chi connectivity index (χ3n) is 3.10. The van der Waals surface area contributed by atoms with Gasteiger partial charge in [-0.25, -0.2) is 27.2 Å². The third kappa shape index (κ3) is 3.30. The number of aromatic nitrogens is 4. The molecule has 25 heavy (non-hydrogen) atoms. The number of halogens is 3. The molecule has 3 rings (SSSR count). The Bertz CT molecular complexity index is 939. The summed E-state index contributed by atoms with van der Waals surface area (Å²) in [7, 11) is 0. The molecule has 0 radical (unpaired) electrons. The van der Waals surface area contributed by atoms with Crippen LogP contribution in [0.1, 0.15) is 12.0 Å². The molecule has 0 saturated heterocycles. The van der Waals surface area contributed by atoms with Crippen LogP contribution >= 0.6 is 11.8 Å². The molecule has 3 aromatic rings. The van der Waals surface area contributed by atoms with Gasteiger partial charge in [0.1, 0.15) is 5.82 Å². The van der Waals surface area contributed by atoms with E-state index in [1.165, 1.54) is 11.8 Å². The van der Waals surface area contributed by atoms with Crippen molar-refractivity contribution in [1.82, 2.24) is 20.0 Å². The fraction of sp³-hybridized carbons (Fsp3) is 0.231. The van der Waals surface area contributed by atoms with Crippen molar-refractivity contribution >= 4 is 11.8 Å². The van der Waals surface area contributed by atoms with Crippen LogP contribution in [0.4, 0.5) is 13.2 Å². The minimum absolute atomic E-state index is 0.0595. The Morgan fingerprint density at radius 2 is 2.08 bits per heavy atom. The lowest BCUT2D eigenvalue weighted by molar-refractivity contribution is 0.146. The van der Waals surface area contributed by atoms with E-state index in [2.05, 4.69) is 24.6 Å². The van der Waals surface area contributed by atoms with Gasteiger partial charge in [0.05, 0.1) is 11.3 Å². The van der Waals surface area contributed by atoms with Crippen LogP contribution in [0.25, 0.3) is 17.2 Å². The molecular weight excluding hydrogens is 363 g/mol. The maximum atomic E-state index is 13.5. The van der Waals surface area contributed by atoms with E-state index < -0.39 is 23.6 Å². The van der Waals surface area contributed by atoms with Gasteiger partial charge >= 0.3 is 5.76 Å². The zero-order valence-electron chi connectivity index (χ0n) is 12.4. The van der Waals surface area contributed by atoms with Gasteiger partial charge in [0.15, 0.2) is 10.7 Å². The molecule has 2 N–H and O–H groups in total. The summed E-state index contributed by atoms with van der Waals surface area (Å²) >= 11 is 1.20. The van der Waals surface area contributed by atoms with Gasteiger partial charge in [-0.2, -0.15) is 0 Å². The summed E-state index contributed by atoms with van der Waals surface area (Å²) in [5.41, 5.74) is 4.59. The lowest BCUT2D eigenvalue weighted by atomic mass is 10.2. The first-order valence-corrected chi connectivity index (χ1v) is 7.84. The predicted molar refractivity (Wildman–Crippen MR) is 80.1 cm³/mol. The van der Waals surface area contributed by atoms with E-state index >= 15 is 0 Å². The fourth-order valence-corrected chi connectivity index (χ4v) is 2.69. The maximum absolute atomic E-state index is 13.5. The van der Waals surface area contributed by atoms with Crippen LogP contribution in [-0.2, 0) is 0 Å². The average Bonchev–Trinajstić information content (AvgIpc) is 3.19. The normalized spacial score (nSPS) is 11.4. The van der Waals surface area contributed by atoms with E-state index in [0.29, 0.717) is 17.3 Å². The van der Waals surface area contributed by atoms with Crippen LogP contribution < -0.4 is 11.5 Å². The molecular formula is C13H10F3N5O3S. The Morgan fingerprint density at radius 3 is 2.80 bits per heavy atom. The highest BCUT2D eigenvalue weighted by molar-refractivity contribution is 7.99. The number of nitrogens with zero attached hydrogens (tertiary/aromatic N) is 4. The van der Waals surface area contributed by atoms with Crippen molar-refractivity contribution in [2.75, 3.05) is 12.3 Å². The molecule has 12 heteroatoms. The minimum Gasteiger partial charge on any atom is -0.330 e. The molecule has 2 aromatic heterocycles. The number of alkyl halides is 2. The highest BCUT2D eigenvalue weighted by Crippen LogP contribution is 2.29. The van der Waals surface area contributed by atoms with Gasteiger partial charge in [-0.3, -0.25) is 4.52 Å². The second kappa shape index (κ2) is 7.11. The van der Waals surface area contributed by atoms with E-state index in [1.54, 1.807) is 0 Å². The number of nitrogens with two attached hydrogens (primary N) is 1. The first-order valence-electron chi connectivity index (χ1n) is 6.85. The average molecular weight is 373 g/mol. The third-order valence-corrected chi connectivity index (χ3v) is 4.09. The lowest BCUT2D eigenvalue weighted by Gasteiger charge is -2.07. The van der Waals surface area contributed by atoms with E-state index in [4.69, 9.17) is 5.73 Å². The topological polar surface area (TPSA) is 113 Å². The van der Waals surface area contributed by atoms with E-state index in [1.807, 2.05) is 0 Å². The van der Waals surface area contributed by atoms with Crippen LogP contribution in [0.15, 0.2) is 37.2 Å². The number of hydrogen-bond donors (Lipinski definition) is 1. The summed E-state index contributed by atoms with van der Waals surface area (Å²) in [5, 5.41) is 11.2. The second-order valence-corrected chi connectivity index (χ2v) is 5.75. The molecule has 0 fully saturated rings. The van der Waals surface area contributed by atoms with Gasteiger partial charge in [0.2, 0.25) is 5.82 Å². The van der Waals surface area contributed by atoms with Gasteiger partial charge in [0.25, 0.3) is 6.43 Å². The quantitative estimate of drug-likeness (QED) is 0.653. The Labute approximate surface area is 141 Å². The molecule has 2 heterocycles. The van der Waals surface area contributed by atoms with E-state index in [-0.39, 0.29) is 17.2 Å². The van der Waals surface area contributed by atoms with Crippen LogP contribution in [0, 0.1) is 5.82 Å².